The van der Waals surface area contributed by atoms with Gasteiger partial charge < -0.3 is 9.88 Å². The number of amides is 1. The summed E-state index contributed by atoms with van der Waals surface area (Å²) in [6.07, 6.45) is 2.29. The fourth-order valence-corrected chi connectivity index (χ4v) is 4.84. The van der Waals surface area contributed by atoms with Crippen LogP contribution in [-0.2, 0) is 11.2 Å². The number of aromatic nitrogens is 5. The first-order valence-corrected chi connectivity index (χ1v) is 12.0. The van der Waals surface area contributed by atoms with Gasteiger partial charge in [0.05, 0.1) is 11.4 Å². The van der Waals surface area contributed by atoms with Crippen LogP contribution in [-0.4, -0.2) is 54.4 Å². The molecule has 0 atom stereocenters. The van der Waals surface area contributed by atoms with E-state index >= 15 is 0 Å². The molecule has 174 valence electrons. The average molecular weight is 469 g/mol. The zero-order valence-electron chi connectivity index (χ0n) is 19.1. The van der Waals surface area contributed by atoms with Gasteiger partial charge in [-0.25, -0.2) is 4.79 Å². The molecule has 1 saturated heterocycles. The number of piperidine rings is 1. The second kappa shape index (κ2) is 9.78. The lowest BCUT2D eigenvalue weighted by molar-refractivity contribution is -0.129. The summed E-state index contributed by atoms with van der Waals surface area (Å²) in [5, 5.41) is 9.31. The van der Waals surface area contributed by atoms with E-state index in [9.17, 15) is 14.4 Å². The molecule has 9 nitrogen and oxygen atoms in total. The number of hydrogen-bond donors (Lipinski definition) is 2. The van der Waals surface area contributed by atoms with E-state index in [2.05, 4.69) is 27.1 Å². The summed E-state index contributed by atoms with van der Waals surface area (Å²) in [5.41, 5.74) is 2.42. The second-order valence-corrected chi connectivity index (χ2v) is 9.61. The number of rotatable bonds is 6. The third-order valence-corrected chi connectivity index (χ3v) is 6.85. The minimum Gasteiger partial charge on any atom is -0.342 e. The predicted octanol–water partition coefficient (Wildman–Crippen LogP) is 2.20. The molecule has 1 aromatic carbocycles. The maximum absolute atomic E-state index is 12.8. The quantitative estimate of drug-likeness (QED) is 0.536. The Morgan fingerprint density at radius 3 is 2.61 bits per heavy atom. The summed E-state index contributed by atoms with van der Waals surface area (Å²) in [6, 6.07) is 7.45. The minimum absolute atomic E-state index is 0.0999. The molecule has 2 aromatic heterocycles. The lowest BCUT2D eigenvalue weighted by atomic mass is 9.99. The number of carbonyl (C=O) groups is 1. The summed E-state index contributed by atoms with van der Waals surface area (Å²) in [5.74, 6) is 1.61. The summed E-state index contributed by atoms with van der Waals surface area (Å²) >= 11 is 1.36. The normalized spacial score (nSPS) is 14.6. The van der Waals surface area contributed by atoms with Crippen LogP contribution in [0.25, 0.3) is 5.69 Å². The predicted molar refractivity (Wildman–Crippen MR) is 127 cm³/mol. The van der Waals surface area contributed by atoms with Crippen molar-refractivity contribution in [2.45, 2.75) is 45.2 Å². The maximum atomic E-state index is 12.8. The van der Waals surface area contributed by atoms with Gasteiger partial charge in [-0.05, 0) is 49.8 Å². The van der Waals surface area contributed by atoms with Crippen molar-refractivity contribution in [1.82, 2.24) is 29.6 Å². The number of benzene rings is 1. The van der Waals surface area contributed by atoms with Crippen LogP contribution in [0.2, 0.25) is 0 Å². The molecule has 10 heteroatoms. The average Bonchev–Trinajstić information content (AvgIpc) is 3.15. The molecule has 2 N–H and O–H groups in total. The number of carbonyl (C=O) groups excluding carboxylic acids is 1. The lowest BCUT2D eigenvalue weighted by Gasteiger charge is -2.30. The van der Waals surface area contributed by atoms with Crippen molar-refractivity contribution in [3.05, 3.63) is 67.7 Å². The molecule has 0 bridgehead atoms. The van der Waals surface area contributed by atoms with Gasteiger partial charge >= 0.3 is 5.69 Å². The van der Waals surface area contributed by atoms with Gasteiger partial charge in [0.15, 0.2) is 5.16 Å². The van der Waals surface area contributed by atoms with Gasteiger partial charge in [-0.15, -0.1) is 10.2 Å². The number of nitrogens with zero attached hydrogens (tertiary/aromatic N) is 4. The Kier molecular flexibility index (Phi) is 6.83. The van der Waals surface area contributed by atoms with E-state index in [1.54, 1.807) is 0 Å². The summed E-state index contributed by atoms with van der Waals surface area (Å²) in [7, 11) is 0. The topological polar surface area (TPSA) is 117 Å². The van der Waals surface area contributed by atoms with Crippen LogP contribution >= 0.6 is 11.8 Å². The van der Waals surface area contributed by atoms with Crippen molar-refractivity contribution in [1.29, 1.82) is 0 Å². The third-order valence-electron chi connectivity index (χ3n) is 5.93. The largest absolute Gasteiger partial charge is 0.342 e. The molecule has 1 aliphatic heterocycles. The van der Waals surface area contributed by atoms with Gasteiger partial charge in [-0.3, -0.25) is 19.1 Å². The molecule has 0 aliphatic carbocycles. The van der Waals surface area contributed by atoms with E-state index in [-0.39, 0.29) is 18.1 Å². The Hall–Kier alpha value is -3.14. The summed E-state index contributed by atoms with van der Waals surface area (Å²) < 4.78 is 1.91. The van der Waals surface area contributed by atoms with Crippen LogP contribution in [0, 0.1) is 19.8 Å². The zero-order chi connectivity index (χ0) is 23.5. The maximum Gasteiger partial charge on any atom is 0.325 e. The van der Waals surface area contributed by atoms with Gasteiger partial charge in [-0.2, -0.15) is 0 Å². The first-order chi connectivity index (χ1) is 15.8. The van der Waals surface area contributed by atoms with E-state index in [4.69, 9.17) is 0 Å². The van der Waals surface area contributed by atoms with Crippen LogP contribution < -0.4 is 11.2 Å². The number of H-pyrrole nitrogens is 2. The van der Waals surface area contributed by atoms with Crippen molar-refractivity contribution >= 4 is 17.7 Å². The van der Waals surface area contributed by atoms with Crippen LogP contribution in [0.3, 0.4) is 0 Å². The van der Waals surface area contributed by atoms with E-state index in [1.807, 2.05) is 41.5 Å². The van der Waals surface area contributed by atoms with Gasteiger partial charge in [0.1, 0.15) is 5.82 Å². The van der Waals surface area contributed by atoms with Crippen molar-refractivity contribution in [3.63, 3.8) is 0 Å². The fraction of sp³-hybridized carbons (Fsp3) is 0.435. The standard InChI is InChI=1S/C23H28N6O3S/c1-14-6-8-28(9-7-14)21(31)13-33-23-27-26-19(11-17-12-20(30)25-22(32)24-17)29(23)18-10-15(2)4-5-16(18)3/h4-5,10,12,14H,6-9,11,13H2,1-3H3,(H2,24,25,30,32). The van der Waals surface area contributed by atoms with Crippen molar-refractivity contribution in [2.75, 3.05) is 18.8 Å². The highest BCUT2D eigenvalue weighted by Crippen LogP contribution is 2.27. The van der Waals surface area contributed by atoms with E-state index in [0.29, 0.717) is 22.6 Å². The zero-order valence-corrected chi connectivity index (χ0v) is 19.9. The molecule has 3 heterocycles. The highest BCUT2D eigenvalue weighted by molar-refractivity contribution is 7.99. The van der Waals surface area contributed by atoms with Gasteiger partial charge in [0.2, 0.25) is 5.91 Å². The lowest BCUT2D eigenvalue weighted by Crippen LogP contribution is -2.38. The molecular weight excluding hydrogens is 440 g/mol. The highest BCUT2D eigenvalue weighted by atomic mass is 32.2. The van der Waals surface area contributed by atoms with Crippen molar-refractivity contribution < 1.29 is 4.79 Å². The van der Waals surface area contributed by atoms with E-state index in [0.717, 1.165) is 42.7 Å². The molecule has 3 aromatic rings. The Balaban J connectivity index is 1.64. The molecule has 33 heavy (non-hydrogen) atoms. The molecule has 1 fully saturated rings. The number of aromatic amines is 2. The highest BCUT2D eigenvalue weighted by Gasteiger charge is 2.23. The molecule has 0 radical (unpaired) electrons. The molecule has 0 saturated carbocycles. The molecule has 1 amide bonds. The van der Waals surface area contributed by atoms with Crippen molar-refractivity contribution in [2.24, 2.45) is 5.92 Å². The Morgan fingerprint density at radius 1 is 1.12 bits per heavy atom. The van der Waals surface area contributed by atoms with Crippen LogP contribution in [0.5, 0.6) is 0 Å². The Labute approximate surface area is 195 Å². The van der Waals surface area contributed by atoms with Gasteiger partial charge in [-0.1, -0.05) is 30.8 Å². The SMILES string of the molecule is Cc1ccc(C)c(-n2c(Cc3cc(=O)[nH]c(=O)[nH]3)nnc2SCC(=O)N2CCC(C)CC2)c1. The van der Waals surface area contributed by atoms with E-state index in [1.165, 1.54) is 17.8 Å². The fourth-order valence-electron chi connectivity index (χ4n) is 3.97. The smallest absolute Gasteiger partial charge is 0.325 e. The number of nitrogens with one attached hydrogen (secondary N) is 2. The number of thioether (sulfide) groups is 1. The van der Waals surface area contributed by atoms with Gasteiger partial charge in [0, 0.05) is 31.3 Å². The van der Waals surface area contributed by atoms with Crippen LogP contribution in [0.4, 0.5) is 0 Å². The first-order valence-electron chi connectivity index (χ1n) is 11.0. The van der Waals surface area contributed by atoms with Crippen LogP contribution in [0.1, 0.15) is 42.4 Å². The minimum atomic E-state index is -0.564. The molecule has 0 spiro atoms. The summed E-state index contributed by atoms with van der Waals surface area (Å²) in [6.45, 7) is 7.83. The van der Waals surface area contributed by atoms with Crippen molar-refractivity contribution in [3.8, 4) is 5.69 Å². The first kappa shape index (κ1) is 23.0. The number of likely N-dealkylation sites (tertiary alicyclic amines) is 1. The molecular formula is C23H28N6O3S. The third kappa shape index (κ3) is 5.44. The molecule has 4 rings (SSSR count). The van der Waals surface area contributed by atoms with Gasteiger partial charge in [0.25, 0.3) is 5.56 Å². The Morgan fingerprint density at radius 2 is 1.88 bits per heavy atom. The Bertz CT molecular complexity index is 1240. The molecule has 1 aliphatic rings. The number of aryl methyl sites for hydroxylation is 2. The van der Waals surface area contributed by atoms with E-state index < -0.39 is 11.2 Å². The second-order valence-electron chi connectivity index (χ2n) is 8.67. The summed E-state index contributed by atoms with van der Waals surface area (Å²) in [4.78, 5) is 43.0. The monoisotopic (exact) mass is 468 g/mol. The van der Waals surface area contributed by atoms with Crippen LogP contribution in [0.15, 0.2) is 39.0 Å². The number of hydrogen-bond acceptors (Lipinski definition) is 6. The molecule has 0 unspecified atom stereocenters.